The number of carbonyl (C=O) groups is 1. The van der Waals surface area contributed by atoms with E-state index in [1.807, 2.05) is 86.7 Å². The van der Waals surface area contributed by atoms with Crippen LogP contribution in [0.15, 0.2) is 99.9 Å². The zero-order valence-electron chi connectivity index (χ0n) is 21.4. The minimum atomic E-state index is -0.578. The third-order valence-corrected chi connectivity index (χ3v) is 7.57. The first-order valence-corrected chi connectivity index (χ1v) is 13.2. The highest BCUT2D eigenvalue weighted by Crippen LogP contribution is 2.31. The standard InChI is InChI=1S/C31H29N3O2S/c1-19(2)23-16-12-22(13-17-23)18-26-30(36)34-28(24-14-10-20(3)11-15-24)27(21(4)32-31(34)37-26)29(35)33-25-8-6-5-7-9-25/h5-19,28H,1-4H3,(H,33,35)/b26-18-. The average Bonchev–Trinajstić information content (AvgIpc) is 3.18. The largest absolute Gasteiger partial charge is 0.322 e. The molecule has 37 heavy (non-hydrogen) atoms. The monoisotopic (exact) mass is 507 g/mol. The Morgan fingerprint density at radius 3 is 2.30 bits per heavy atom. The molecule has 1 aromatic heterocycles. The van der Waals surface area contributed by atoms with Gasteiger partial charge in [-0.2, -0.15) is 0 Å². The number of nitrogens with one attached hydrogen (secondary N) is 1. The molecule has 1 N–H and O–H groups in total. The van der Waals surface area contributed by atoms with E-state index in [2.05, 4.69) is 31.3 Å². The molecule has 0 saturated heterocycles. The summed E-state index contributed by atoms with van der Waals surface area (Å²) in [5, 5.41) is 2.99. The molecule has 1 amide bonds. The van der Waals surface area contributed by atoms with Crippen molar-refractivity contribution >= 4 is 29.0 Å². The van der Waals surface area contributed by atoms with Gasteiger partial charge in [-0.05, 0) is 54.7 Å². The Morgan fingerprint density at radius 1 is 0.973 bits per heavy atom. The van der Waals surface area contributed by atoms with Crippen LogP contribution in [-0.2, 0) is 4.79 Å². The van der Waals surface area contributed by atoms with Gasteiger partial charge in [-0.1, -0.05) is 97.5 Å². The number of carbonyl (C=O) groups excluding carboxylic acids is 1. The molecule has 1 aliphatic heterocycles. The van der Waals surface area contributed by atoms with E-state index in [0.29, 0.717) is 32.2 Å². The van der Waals surface area contributed by atoms with E-state index in [1.165, 1.54) is 16.9 Å². The lowest BCUT2D eigenvalue weighted by Crippen LogP contribution is -2.40. The lowest BCUT2D eigenvalue weighted by molar-refractivity contribution is -0.113. The van der Waals surface area contributed by atoms with Gasteiger partial charge in [-0.3, -0.25) is 14.2 Å². The minimum Gasteiger partial charge on any atom is -0.322 e. The molecule has 5 nitrogen and oxygen atoms in total. The fourth-order valence-corrected chi connectivity index (χ4v) is 5.57. The van der Waals surface area contributed by atoms with Crippen LogP contribution >= 0.6 is 11.3 Å². The number of hydrogen-bond acceptors (Lipinski definition) is 4. The van der Waals surface area contributed by atoms with Gasteiger partial charge in [0.25, 0.3) is 11.5 Å². The molecule has 1 atom stereocenters. The van der Waals surface area contributed by atoms with Crippen LogP contribution in [0.1, 0.15) is 55.0 Å². The zero-order valence-corrected chi connectivity index (χ0v) is 22.2. The number of nitrogens with zero attached hydrogens (tertiary/aromatic N) is 2. The van der Waals surface area contributed by atoms with E-state index in [0.717, 1.165) is 16.7 Å². The van der Waals surface area contributed by atoms with Crippen LogP contribution in [0, 0.1) is 6.92 Å². The molecule has 1 unspecified atom stereocenters. The Labute approximate surface area is 220 Å². The highest BCUT2D eigenvalue weighted by molar-refractivity contribution is 7.07. The molecular weight excluding hydrogens is 478 g/mol. The second-order valence-corrected chi connectivity index (χ2v) is 10.6. The van der Waals surface area contributed by atoms with Gasteiger partial charge in [-0.15, -0.1) is 0 Å². The van der Waals surface area contributed by atoms with Gasteiger partial charge in [0.15, 0.2) is 4.80 Å². The van der Waals surface area contributed by atoms with Gasteiger partial charge >= 0.3 is 0 Å². The number of anilines is 1. The number of rotatable bonds is 5. The molecule has 0 fully saturated rings. The maximum Gasteiger partial charge on any atom is 0.271 e. The van der Waals surface area contributed by atoms with Crippen molar-refractivity contribution in [2.75, 3.05) is 5.32 Å². The lowest BCUT2D eigenvalue weighted by Gasteiger charge is -2.25. The second-order valence-electron chi connectivity index (χ2n) is 9.63. The van der Waals surface area contributed by atoms with E-state index in [1.54, 1.807) is 4.57 Å². The van der Waals surface area contributed by atoms with Crippen LogP contribution in [0.3, 0.4) is 0 Å². The molecule has 5 rings (SSSR count). The Balaban J connectivity index is 1.64. The molecular formula is C31H29N3O2S. The van der Waals surface area contributed by atoms with Crippen LogP contribution in [0.25, 0.3) is 6.08 Å². The number of hydrogen-bond donors (Lipinski definition) is 1. The topological polar surface area (TPSA) is 63.5 Å². The van der Waals surface area contributed by atoms with E-state index in [-0.39, 0.29) is 11.5 Å². The fraction of sp³-hybridized carbons (Fsp3) is 0.194. The summed E-state index contributed by atoms with van der Waals surface area (Å²) in [5.74, 6) is 0.175. The van der Waals surface area contributed by atoms with Gasteiger partial charge in [0.05, 0.1) is 21.8 Å². The minimum absolute atomic E-state index is 0.153. The molecule has 3 aromatic carbocycles. The maximum absolute atomic E-state index is 13.8. The van der Waals surface area contributed by atoms with Crippen molar-refractivity contribution in [1.29, 1.82) is 0 Å². The van der Waals surface area contributed by atoms with Crippen LogP contribution in [-0.4, -0.2) is 10.5 Å². The number of fused-ring (bicyclic) bond motifs is 1. The second kappa shape index (κ2) is 10.1. The van der Waals surface area contributed by atoms with Crippen molar-refractivity contribution in [1.82, 2.24) is 4.57 Å². The summed E-state index contributed by atoms with van der Waals surface area (Å²) >= 11 is 1.35. The van der Waals surface area contributed by atoms with E-state index < -0.39 is 6.04 Å². The number of aryl methyl sites for hydroxylation is 1. The summed E-state index contributed by atoms with van der Waals surface area (Å²) < 4.78 is 2.25. The molecule has 0 spiro atoms. The summed E-state index contributed by atoms with van der Waals surface area (Å²) in [5.41, 5.74) is 5.80. The van der Waals surface area contributed by atoms with Crippen LogP contribution in [0.5, 0.6) is 0 Å². The average molecular weight is 508 g/mol. The van der Waals surface area contributed by atoms with Crippen molar-refractivity contribution in [3.05, 3.63) is 132 Å². The van der Waals surface area contributed by atoms with Crippen molar-refractivity contribution in [3.8, 4) is 0 Å². The van der Waals surface area contributed by atoms with Gasteiger partial charge in [-0.25, -0.2) is 4.99 Å². The summed E-state index contributed by atoms with van der Waals surface area (Å²) in [4.78, 5) is 32.7. The summed E-state index contributed by atoms with van der Waals surface area (Å²) in [7, 11) is 0. The number of amides is 1. The summed E-state index contributed by atoms with van der Waals surface area (Å²) in [6, 6.07) is 25.0. The molecule has 0 aliphatic carbocycles. The zero-order chi connectivity index (χ0) is 26.1. The fourth-order valence-electron chi connectivity index (χ4n) is 4.52. The molecule has 4 aromatic rings. The number of aromatic nitrogens is 1. The van der Waals surface area contributed by atoms with E-state index >= 15 is 0 Å². The third-order valence-electron chi connectivity index (χ3n) is 6.59. The van der Waals surface area contributed by atoms with Gasteiger partial charge in [0, 0.05) is 5.69 Å². The molecule has 2 heterocycles. The number of allylic oxidation sites excluding steroid dienone is 1. The SMILES string of the molecule is CC1=C(C(=O)Nc2ccccc2)C(c2ccc(C)cc2)n2c(s/c(=C\c3ccc(C(C)C)cc3)c2=O)=N1. The lowest BCUT2D eigenvalue weighted by atomic mass is 9.94. The highest BCUT2D eigenvalue weighted by Gasteiger charge is 2.32. The number of para-hydroxylation sites is 1. The maximum atomic E-state index is 13.8. The smallest absolute Gasteiger partial charge is 0.271 e. The van der Waals surface area contributed by atoms with Gasteiger partial charge < -0.3 is 5.32 Å². The predicted octanol–water partition coefficient (Wildman–Crippen LogP) is 5.31. The Morgan fingerprint density at radius 2 is 1.65 bits per heavy atom. The third kappa shape index (κ3) is 4.98. The van der Waals surface area contributed by atoms with Crippen molar-refractivity contribution in [2.45, 2.75) is 39.7 Å². The summed E-state index contributed by atoms with van der Waals surface area (Å²) in [6.45, 7) is 8.17. The molecule has 0 radical (unpaired) electrons. The first kappa shape index (κ1) is 24.7. The van der Waals surface area contributed by atoms with Crippen molar-refractivity contribution in [2.24, 2.45) is 4.99 Å². The Hall–Kier alpha value is -4.03. The Kier molecular flexibility index (Phi) is 6.76. The normalized spacial score (nSPS) is 15.5. The highest BCUT2D eigenvalue weighted by atomic mass is 32.1. The molecule has 6 heteroatoms. The van der Waals surface area contributed by atoms with E-state index in [9.17, 15) is 9.59 Å². The molecule has 0 bridgehead atoms. The van der Waals surface area contributed by atoms with Crippen LogP contribution < -0.4 is 20.2 Å². The first-order valence-electron chi connectivity index (χ1n) is 12.4. The van der Waals surface area contributed by atoms with Crippen molar-refractivity contribution in [3.63, 3.8) is 0 Å². The number of thiazole rings is 1. The van der Waals surface area contributed by atoms with E-state index in [4.69, 9.17) is 4.99 Å². The van der Waals surface area contributed by atoms with Crippen LogP contribution in [0.4, 0.5) is 5.69 Å². The molecule has 1 aliphatic rings. The predicted molar refractivity (Wildman–Crippen MR) is 151 cm³/mol. The quantitative estimate of drug-likeness (QED) is 0.398. The molecule has 0 saturated carbocycles. The summed E-state index contributed by atoms with van der Waals surface area (Å²) in [6.07, 6.45) is 1.91. The Bertz CT molecular complexity index is 1660. The van der Waals surface area contributed by atoms with Crippen LogP contribution in [0.2, 0.25) is 0 Å². The van der Waals surface area contributed by atoms with Crippen molar-refractivity contribution < 1.29 is 4.79 Å². The van der Waals surface area contributed by atoms with Gasteiger partial charge in [0.2, 0.25) is 0 Å². The molecule has 186 valence electrons. The first-order chi connectivity index (χ1) is 17.8. The van der Waals surface area contributed by atoms with Gasteiger partial charge in [0.1, 0.15) is 0 Å². The number of benzene rings is 3.